The molecule has 6 nitrogen and oxygen atoms in total. The monoisotopic (exact) mass is 320 g/mol. The van der Waals surface area contributed by atoms with Crippen LogP contribution in [0.15, 0.2) is 41.7 Å². The Balaban J connectivity index is 1.89. The van der Waals surface area contributed by atoms with Crippen molar-refractivity contribution >= 4 is 21.8 Å². The van der Waals surface area contributed by atoms with Gasteiger partial charge in [0.15, 0.2) is 16.7 Å². The number of pyridine rings is 1. The number of aromatic amines is 1. The maximum atomic E-state index is 12.6. The third-order valence-corrected chi connectivity index (χ3v) is 4.27. The molecule has 3 aromatic rings. The van der Waals surface area contributed by atoms with Gasteiger partial charge in [0.1, 0.15) is 0 Å². The summed E-state index contributed by atoms with van der Waals surface area (Å²) in [6.45, 7) is 0. The van der Waals surface area contributed by atoms with E-state index in [1.54, 1.807) is 0 Å². The molecule has 0 radical (unpaired) electrons. The van der Waals surface area contributed by atoms with Gasteiger partial charge in [0, 0.05) is 12.3 Å². The molecule has 0 aliphatic heterocycles. The summed E-state index contributed by atoms with van der Waals surface area (Å²) < 4.78 is 44.4. The molecule has 1 aromatic carbocycles. The van der Waals surface area contributed by atoms with E-state index >= 15 is 0 Å². The summed E-state index contributed by atoms with van der Waals surface area (Å²) in [7, 11) is -2.76. The van der Waals surface area contributed by atoms with E-state index in [9.17, 15) is 4.21 Å². The fraction of sp³-hybridized carbons (Fsp3) is 0.200. The van der Waals surface area contributed by atoms with Crippen LogP contribution in [0, 0.1) is 0 Å². The number of hydrogen-bond acceptors (Lipinski definition) is 5. The number of rotatable bonds is 5. The zero-order valence-electron chi connectivity index (χ0n) is 14.7. The minimum atomic E-state index is -2.62. The first kappa shape index (κ1) is 11.2. The number of para-hydroxylation sites is 2. The smallest absolute Gasteiger partial charge is 0.197 e. The van der Waals surface area contributed by atoms with Crippen molar-refractivity contribution in [2.45, 2.75) is 10.9 Å². The summed E-state index contributed by atoms with van der Waals surface area (Å²) >= 11 is 0. The lowest BCUT2D eigenvalue weighted by Gasteiger charge is -2.10. The van der Waals surface area contributed by atoms with E-state index in [0.29, 0.717) is 16.4 Å². The molecule has 1 unspecified atom stereocenters. The molecule has 0 aliphatic rings. The molecule has 0 spiro atoms. The topological polar surface area (TPSA) is 77.1 Å². The highest BCUT2D eigenvalue weighted by Crippen LogP contribution is 2.30. The van der Waals surface area contributed by atoms with Gasteiger partial charge in [-0.25, -0.2) is 4.98 Å². The van der Waals surface area contributed by atoms with Gasteiger partial charge in [-0.2, -0.15) is 0 Å². The Bertz CT molecular complexity index is 894. The molecular weight excluding hydrogens is 302 g/mol. The lowest BCUT2D eigenvalue weighted by Crippen LogP contribution is -2.04. The van der Waals surface area contributed by atoms with Crippen LogP contribution in [0.4, 0.5) is 0 Å². The van der Waals surface area contributed by atoms with Gasteiger partial charge < -0.3 is 14.5 Å². The Hall–Kier alpha value is -2.41. The first-order valence-electron chi connectivity index (χ1n) is 7.91. The van der Waals surface area contributed by atoms with Crippen LogP contribution >= 0.6 is 0 Å². The highest BCUT2D eigenvalue weighted by molar-refractivity contribution is 7.84. The molecule has 0 aliphatic carbocycles. The van der Waals surface area contributed by atoms with Crippen molar-refractivity contribution in [3.05, 3.63) is 42.2 Å². The quantitative estimate of drug-likeness (QED) is 0.780. The number of methoxy groups -OCH3 is 2. The molecule has 7 heteroatoms. The van der Waals surface area contributed by atoms with Gasteiger partial charge in [-0.15, -0.1) is 0 Å². The molecule has 1 atom stereocenters. The van der Waals surface area contributed by atoms with Gasteiger partial charge in [0.05, 0.1) is 51.5 Å². The van der Waals surface area contributed by atoms with Crippen molar-refractivity contribution in [3.8, 4) is 11.5 Å². The zero-order valence-corrected chi connectivity index (χ0v) is 12.5. The molecule has 0 fully saturated rings. The molecule has 1 N–H and O–H groups in total. The zero-order chi connectivity index (χ0) is 18.0. The van der Waals surface area contributed by atoms with E-state index in [1.165, 1.54) is 19.4 Å². The molecule has 3 rings (SSSR count). The van der Waals surface area contributed by atoms with Crippen LogP contribution < -0.4 is 9.47 Å². The number of nitrogens with one attached hydrogen (secondary N) is 1. The summed E-state index contributed by atoms with van der Waals surface area (Å²) in [5.74, 6) is 0.165. The Morgan fingerprint density at radius 1 is 1.32 bits per heavy atom. The van der Waals surface area contributed by atoms with Gasteiger partial charge in [-0.1, -0.05) is 12.1 Å². The number of fused-ring (bicyclic) bond motifs is 1. The second-order valence-electron chi connectivity index (χ2n) is 4.44. The number of benzene rings is 1. The Labute approximate surface area is 134 Å². The molecule has 0 amide bonds. The molecular formula is C15H15N3O3S. The van der Waals surface area contributed by atoms with Crippen molar-refractivity contribution in [1.29, 1.82) is 0 Å². The Morgan fingerprint density at radius 2 is 2.18 bits per heavy atom. The van der Waals surface area contributed by atoms with Crippen LogP contribution in [-0.2, 0) is 16.6 Å². The molecule has 114 valence electrons. The van der Waals surface area contributed by atoms with Gasteiger partial charge in [-0.3, -0.25) is 9.19 Å². The van der Waals surface area contributed by atoms with Crippen molar-refractivity contribution in [3.63, 3.8) is 0 Å². The van der Waals surface area contributed by atoms with E-state index in [1.807, 2.05) is 24.3 Å². The maximum Gasteiger partial charge on any atom is 0.197 e. The van der Waals surface area contributed by atoms with E-state index in [0.717, 1.165) is 5.52 Å². The minimum Gasteiger partial charge on any atom is -0.493 e. The van der Waals surface area contributed by atoms with Gasteiger partial charge >= 0.3 is 0 Å². The molecule has 0 bridgehead atoms. The second-order valence-corrected chi connectivity index (χ2v) is 5.81. The van der Waals surface area contributed by atoms with Crippen LogP contribution in [0.25, 0.3) is 11.0 Å². The summed E-state index contributed by atoms with van der Waals surface area (Å²) in [6, 6.07) is 8.74. The Morgan fingerprint density at radius 3 is 2.95 bits per heavy atom. The molecule has 22 heavy (non-hydrogen) atoms. The SMILES string of the molecule is [2H]C([2H])([2H])Oc1ccnc(CS(=O)c2nc3ccccc3[nH]2)c1OC. The number of imidazole rings is 1. The van der Waals surface area contributed by atoms with Crippen LogP contribution in [0.1, 0.15) is 9.81 Å². The first-order chi connectivity index (χ1) is 11.9. The minimum absolute atomic E-state index is 0.00119. The normalized spacial score (nSPS) is 14.9. The van der Waals surface area contributed by atoms with E-state index in [2.05, 4.69) is 15.0 Å². The number of aromatic nitrogens is 3. The van der Waals surface area contributed by atoms with Crippen LogP contribution in [0.3, 0.4) is 0 Å². The maximum absolute atomic E-state index is 12.6. The van der Waals surface area contributed by atoms with Crippen molar-refractivity contribution < 1.29 is 17.8 Å². The molecule has 0 saturated heterocycles. The standard InChI is InChI=1S/C15H15N3O3S/c1-20-13-7-8-16-12(14(13)21-2)9-22(19)15-17-10-5-3-4-6-11(10)18-15/h3-8H,9H2,1-2H3,(H,17,18)/i1D3. The highest BCUT2D eigenvalue weighted by Gasteiger charge is 2.17. The average molecular weight is 320 g/mol. The predicted octanol–water partition coefficient (Wildman–Crippen LogP) is 2.28. The fourth-order valence-corrected chi connectivity index (χ4v) is 3.12. The summed E-state index contributed by atoms with van der Waals surface area (Å²) in [5, 5.41) is 0.312. The highest BCUT2D eigenvalue weighted by atomic mass is 32.2. The van der Waals surface area contributed by atoms with E-state index in [-0.39, 0.29) is 17.3 Å². The fourth-order valence-electron chi connectivity index (χ4n) is 2.10. The second kappa shape index (κ2) is 6.15. The Kier molecular flexibility index (Phi) is 3.13. The number of H-pyrrole nitrogens is 1. The third-order valence-electron chi connectivity index (χ3n) is 3.11. The molecule has 2 aromatic heterocycles. The van der Waals surface area contributed by atoms with Crippen LogP contribution in [0.5, 0.6) is 11.5 Å². The summed E-state index contributed by atoms with van der Waals surface area (Å²) in [5.41, 5.74) is 1.82. The molecule has 2 heterocycles. The van der Waals surface area contributed by atoms with Crippen molar-refractivity contribution in [1.82, 2.24) is 15.0 Å². The third kappa shape index (κ3) is 2.67. The number of ether oxygens (including phenoxy) is 2. The first-order valence-corrected chi connectivity index (χ1v) is 7.73. The van der Waals surface area contributed by atoms with Gasteiger partial charge in [0.2, 0.25) is 0 Å². The summed E-state index contributed by atoms with van der Waals surface area (Å²) in [4.78, 5) is 11.4. The average Bonchev–Trinajstić information content (AvgIpc) is 2.98. The van der Waals surface area contributed by atoms with Crippen molar-refractivity contribution in [2.24, 2.45) is 0 Å². The van der Waals surface area contributed by atoms with Gasteiger partial charge in [0.25, 0.3) is 0 Å². The predicted molar refractivity (Wildman–Crippen MR) is 83.5 cm³/mol. The van der Waals surface area contributed by atoms with Crippen LogP contribution in [0.2, 0.25) is 0 Å². The lowest BCUT2D eigenvalue weighted by atomic mass is 10.3. The van der Waals surface area contributed by atoms with E-state index < -0.39 is 17.8 Å². The van der Waals surface area contributed by atoms with Gasteiger partial charge in [-0.05, 0) is 12.1 Å². The van der Waals surface area contributed by atoms with Crippen LogP contribution in [-0.4, -0.2) is 33.3 Å². The largest absolute Gasteiger partial charge is 0.493 e. The van der Waals surface area contributed by atoms with Crippen molar-refractivity contribution in [2.75, 3.05) is 14.1 Å². The van der Waals surface area contributed by atoms with E-state index in [4.69, 9.17) is 13.6 Å². The number of nitrogens with zero attached hydrogens (tertiary/aromatic N) is 2. The molecule has 0 saturated carbocycles. The lowest BCUT2D eigenvalue weighted by molar-refractivity contribution is 0.350. The number of hydrogen-bond donors (Lipinski definition) is 1. The summed E-state index contributed by atoms with van der Waals surface area (Å²) in [6.07, 6.45) is 1.38.